The fourth-order valence-electron chi connectivity index (χ4n) is 2.91. The van der Waals surface area contributed by atoms with Crippen LogP contribution in [0.5, 0.6) is 0 Å². The Bertz CT molecular complexity index is 793. The molecular formula is C16H19ClN2O4. The number of hydrogen-bond acceptors (Lipinski definition) is 4. The van der Waals surface area contributed by atoms with Crippen LogP contribution in [0.2, 0.25) is 5.02 Å². The third-order valence-corrected chi connectivity index (χ3v) is 4.36. The Labute approximate surface area is 138 Å². The molecule has 3 rings (SSSR count). The molecule has 1 aromatic carbocycles. The van der Waals surface area contributed by atoms with Gasteiger partial charge in [0.25, 0.3) is 0 Å². The second-order valence-electron chi connectivity index (χ2n) is 6.29. The van der Waals surface area contributed by atoms with E-state index in [-0.39, 0.29) is 24.4 Å². The summed E-state index contributed by atoms with van der Waals surface area (Å²) in [6.07, 6.45) is 0.237. The van der Waals surface area contributed by atoms with Crippen LogP contribution in [0, 0.1) is 0 Å². The van der Waals surface area contributed by atoms with Crippen molar-refractivity contribution in [2.24, 2.45) is 0 Å². The van der Waals surface area contributed by atoms with Gasteiger partial charge in [0.05, 0.1) is 24.3 Å². The Morgan fingerprint density at radius 1 is 1.39 bits per heavy atom. The standard InChI is InChI=1S/C16H19ClN2O4/c1-16(2)10-22-8-7-19(16)14(20)5-6-18-12-4-3-11(17)9-13(12)23-15(18)21/h3-4,9H,5-8,10H2,1-2H3. The number of halogens is 1. The van der Waals surface area contributed by atoms with E-state index in [1.54, 1.807) is 18.2 Å². The fraction of sp³-hybridized carbons (Fsp3) is 0.500. The molecule has 1 aliphatic heterocycles. The lowest BCUT2D eigenvalue weighted by Gasteiger charge is -2.42. The molecule has 7 heteroatoms. The Kier molecular flexibility index (Phi) is 4.21. The van der Waals surface area contributed by atoms with Gasteiger partial charge in [-0.15, -0.1) is 0 Å². The topological polar surface area (TPSA) is 64.7 Å². The number of hydrogen-bond donors (Lipinski definition) is 0. The average molecular weight is 339 g/mol. The number of nitrogens with zero attached hydrogens (tertiary/aromatic N) is 2. The quantitative estimate of drug-likeness (QED) is 0.861. The third kappa shape index (κ3) is 3.14. The van der Waals surface area contributed by atoms with Crippen molar-refractivity contribution in [3.63, 3.8) is 0 Å². The number of carbonyl (C=O) groups excluding carboxylic acids is 1. The highest BCUT2D eigenvalue weighted by Gasteiger charge is 2.33. The van der Waals surface area contributed by atoms with Gasteiger partial charge in [0, 0.05) is 30.6 Å². The van der Waals surface area contributed by atoms with Crippen molar-refractivity contribution >= 4 is 28.6 Å². The first kappa shape index (κ1) is 16.1. The number of carbonyl (C=O) groups is 1. The van der Waals surface area contributed by atoms with Crippen molar-refractivity contribution in [3.8, 4) is 0 Å². The summed E-state index contributed by atoms with van der Waals surface area (Å²) in [5.74, 6) is -0.468. The molecule has 1 amide bonds. The zero-order valence-electron chi connectivity index (χ0n) is 13.2. The number of rotatable bonds is 3. The minimum absolute atomic E-state index is 0.00788. The molecule has 2 heterocycles. The highest BCUT2D eigenvalue weighted by molar-refractivity contribution is 6.31. The lowest BCUT2D eigenvalue weighted by molar-refractivity contribution is -0.146. The lowest BCUT2D eigenvalue weighted by atomic mass is 10.0. The second kappa shape index (κ2) is 6.02. The van der Waals surface area contributed by atoms with Crippen molar-refractivity contribution in [2.45, 2.75) is 32.4 Å². The molecule has 0 atom stereocenters. The number of fused-ring (bicyclic) bond motifs is 1. The molecule has 0 aliphatic carbocycles. The third-order valence-electron chi connectivity index (χ3n) is 4.13. The van der Waals surface area contributed by atoms with Gasteiger partial charge in [0.15, 0.2) is 5.58 Å². The molecule has 0 saturated carbocycles. The molecular weight excluding hydrogens is 320 g/mol. The maximum absolute atomic E-state index is 12.5. The number of oxazole rings is 1. The minimum Gasteiger partial charge on any atom is -0.408 e. The zero-order chi connectivity index (χ0) is 16.6. The van der Waals surface area contributed by atoms with Gasteiger partial charge < -0.3 is 14.1 Å². The van der Waals surface area contributed by atoms with Gasteiger partial charge in [-0.1, -0.05) is 11.6 Å². The average Bonchev–Trinajstić information content (AvgIpc) is 2.78. The first-order valence-corrected chi connectivity index (χ1v) is 7.93. The van der Waals surface area contributed by atoms with Crippen molar-refractivity contribution in [2.75, 3.05) is 19.8 Å². The predicted octanol–water partition coefficient (Wildman–Crippen LogP) is 2.28. The van der Waals surface area contributed by atoms with Gasteiger partial charge in [-0.25, -0.2) is 4.79 Å². The minimum atomic E-state index is -0.476. The first-order chi connectivity index (χ1) is 10.9. The molecule has 1 aliphatic rings. The van der Waals surface area contributed by atoms with Gasteiger partial charge in [-0.2, -0.15) is 0 Å². The van der Waals surface area contributed by atoms with E-state index in [4.69, 9.17) is 20.8 Å². The van der Waals surface area contributed by atoms with Gasteiger partial charge >= 0.3 is 5.76 Å². The number of aryl methyl sites for hydroxylation is 1. The van der Waals surface area contributed by atoms with E-state index >= 15 is 0 Å². The van der Waals surface area contributed by atoms with Gasteiger partial charge in [0.2, 0.25) is 5.91 Å². The van der Waals surface area contributed by atoms with Gasteiger partial charge in [-0.05, 0) is 26.0 Å². The van der Waals surface area contributed by atoms with E-state index in [1.807, 2.05) is 18.7 Å². The van der Waals surface area contributed by atoms with E-state index in [0.717, 1.165) is 0 Å². The fourth-order valence-corrected chi connectivity index (χ4v) is 3.08. The van der Waals surface area contributed by atoms with Gasteiger partial charge in [-0.3, -0.25) is 9.36 Å². The van der Waals surface area contributed by atoms with E-state index in [1.165, 1.54) is 4.57 Å². The smallest absolute Gasteiger partial charge is 0.408 e. The summed E-state index contributed by atoms with van der Waals surface area (Å²) in [4.78, 5) is 26.3. The molecule has 0 bridgehead atoms. The SMILES string of the molecule is CC1(C)COCCN1C(=O)CCn1c(=O)oc2cc(Cl)ccc21. The second-order valence-corrected chi connectivity index (χ2v) is 6.73. The zero-order valence-corrected chi connectivity index (χ0v) is 13.9. The van der Waals surface area contributed by atoms with Crippen LogP contribution >= 0.6 is 11.6 Å². The number of amides is 1. The van der Waals surface area contributed by atoms with Crippen LogP contribution in [-0.4, -0.2) is 40.7 Å². The summed E-state index contributed by atoms with van der Waals surface area (Å²) >= 11 is 5.90. The summed E-state index contributed by atoms with van der Waals surface area (Å²) in [6.45, 7) is 5.87. The van der Waals surface area contributed by atoms with Crippen molar-refractivity contribution in [3.05, 3.63) is 33.8 Å². The van der Waals surface area contributed by atoms with E-state index in [0.29, 0.717) is 35.9 Å². The maximum Gasteiger partial charge on any atom is 0.419 e. The molecule has 0 spiro atoms. The molecule has 2 aromatic rings. The molecule has 6 nitrogen and oxygen atoms in total. The maximum atomic E-state index is 12.5. The van der Waals surface area contributed by atoms with Gasteiger partial charge in [0.1, 0.15) is 0 Å². The highest BCUT2D eigenvalue weighted by Crippen LogP contribution is 2.21. The van der Waals surface area contributed by atoms with Crippen molar-refractivity contribution < 1.29 is 13.9 Å². The molecule has 0 radical (unpaired) electrons. The Balaban J connectivity index is 1.77. The Hall–Kier alpha value is -1.79. The van der Waals surface area contributed by atoms with Crippen molar-refractivity contribution in [1.29, 1.82) is 0 Å². The monoisotopic (exact) mass is 338 g/mol. The first-order valence-electron chi connectivity index (χ1n) is 7.55. The summed E-state index contributed by atoms with van der Waals surface area (Å²) in [5.41, 5.74) is 0.752. The number of benzene rings is 1. The van der Waals surface area contributed by atoms with Crippen LogP contribution in [0.3, 0.4) is 0 Å². The van der Waals surface area contributed by atoms with Crippen LogP contribution in [0.1, 0.15) is 20.3 Å². The van der Waals surface area contributed by atoms with Crippen LogP contribution in [0.4, 0.5) is 0 Å². The molecule has 0 N–H and O–H groups in total. The molecule has 1 saturated heterocycles. The Morgan fingerprint density at radius 3 is 2.91 bits per heavy atom. The molecule has 124 valence electrons. The summed E-state index contributed by atoms with van der Waals surface area (Å²) in [6, 6.07) is 5.02. The molecule has 1 aromatic heterocycles. The molecule has 0 unspecified atom stereocenters. The number of morpholine rings is 1. The van der Waals surface area contributed by atoms with Crippen LogP contribution < -0.4 is 5.76 Å². The predicted molar refractivity (Wildman–Crippen MR) is 86.7 cm³/mol. The summed E-state index contributed by atoms with van der Waals surface area (Å²) in [7, 11) is 0. The van der Waals surface area contributed by atoms with Crippen LogP contribution in [0.15, 0.2) is 27.4 Å². The number of ether oxygens (including phenoxy) is 1. The largest absolute Gasteiger partial charge is 0.419 e. The molecule has 1 fully saturated rings. The van der Waals surface area contributed by atoms with E-state index < -0.39 is 5.76 Å². The normalized spacial score (nSPS) is 17.6. The lowest BCUT2D eigenvalue weighted by Crippen LogP contribution is -2.55. The Morgan fingerprint density at radius 2 is 2.17 bits per heavy atom. The van der Waals surface area contributed by atoms with Crippen molar-refractivity contribution in [1.82, 2.24) is 9.47 Å². The van der Waals surface area contributed by atoms with Crippen LogP contribution in [0.25, 0.3) is 11.1 Å². The van der Waals surface area contributed by atoms with Crippen LogP contribution in [-0.2, 0) is 16.1 Å². The molecule has 23 heavy (non-hydrogen) atoms. The van der Waals surface area contributed by atoms with E-state index in [9.17, 15) is 9.59 Å². The summed E-state index contributed by atoms with van der Waals surface area (Å²) < 4.78 is 12.1. The highest BCUT2D eigenvalue weighted by atomic mass is 35.5. The summed E-state index contributed by atoms with van der Waals surface area (Å²) in [5, 5.41) is 0.504. The number of aromatic nitrogens is 1. The van der Waals surface area contributed by atoms with E-state index in [2.05, 4.69) is 0 Å².